The predicted octanol–water partition coefficient (Wildman–Crippen LogP) is 4.13. The highest BCUT2D eigenvalue weighted by Crippen LogP contribution is 2.22. The lowest BCUT2D eigenvalue weighted by Crippen LogP contribution is -2.19. The molecule has 0 bridgehead atoms. The Kier molecular flexibility index (Phi) is 6.63. The number of aliphatic hydroxyl groups is 1. The monoisotopic (exact) mass is 313 g/mol. The molecule has 2 aromatic rings. The van der Waals surface area contributed by atoms with Crippen LogP contribution in [0.4, 0.5) is 0 Å². The third-order valence-corrected chi connectivity index (χ3v) is 3.92. The summed E-state index contributed by atoms with van der Waals surface area (Å²) >= 11 is 0. The summed E-state index contributed by atoms with van der Waals surface area (Å²) in [6, 6.07) is 14.6. The number of rotatable bonds is 8. The summed E-state index contributed by atoms with van der Waals surface area (Å²) in [7, 11) is 0. The summed E-state index contributed by atoms with van der Waals surface area (Å²) in [4.78, 5) is 0. The number of nitrogens with one attached hydrogen (secondary N) is 1. The molecule has 0 spiro atoms. The molecular weight excluding hydrogens is 286 g/mol. The lowest BCUT2D eigenvalue weighted by atomic mass is 10.0. The van der Waals surface area contributed by atoms with Crippen molar-refractivity contribution in [2.75, 3.05) is 6.61 Å². The minimum absolute atomic E-state index is 0.0769. The molecule has 0 saturated heterocycles. The van der Waals surface area contributed by atoms with Gasteiger partial charge in [0.05, 0.1) is 13.2 Å². The van der Waals surface area contributed by atoms with Crippen molar-refractivity contribution in [3.05, 3.63) is 64.7 Å². The standard InChI is InChI=1S/C20H27NO2/c1-4-10-23-20-11-15(2)8-9-19(20)13-21-16(3)18-7-5-6-17(12-18)14-22/h5-9,11-12,16,21-22H,4,10,13-14H2,1-3H3. The highest BCUT2D eigenvalue weighted by Gasteiger charge is 2.09. The fourth-order valence-electron chi connectivity index (χ4n) is 2.50. The molecule has 0 amide bonds. The first-order chi connectivity index (χ1) is 11.1. The van der Waals surface area contributed by atoms with E-state index in [2.05, 4.69) is 50.4 Å². The highest BCUT2D eigenvalue weighted by molar-refractivity contribution is 5.37. The molecule has 2 aromatic carbocycles. The van der Waals surface area contributed by atoms with Crippen molar-refractivity contribution < 1.29 is 9.84 Å². The minimum atomic E-state index is 0.0769. The largest absolute Gasteiger partial charge is 0.493 e. The van der Waals surface area contributed by atoms with Gasteiger partial charge in [0.15, 0.2) is 0 Å². The van der Waals surface area contributed by atoms with E-state index < -0.39 is 0 Å². The summed E-state index contributed by atoms with van der Waals surface area (Å²) < 4.78 is 5.87. The van der Waals surface area contributed by atoms with Crippen molar-refractivity contribution in [3.63, 3.8) is 0 Å². The zero-order valence-electron chi connectivity index (χ0n) is 14.3. The van der Waals surface area contributed by atoms with Crippen LogP contribution in [0.1, 0.15) is 48.6 Å². The minimum Gasteiger partial charge on any atom is -0.493 e. The molecule has 0 saturated carbocycles. The van der Waals surface area contributed by atoms with Gasteiger partial charge in [0.1, 0.15) is 5.75 Å². The molecule has 0 aromatic heterocycles. The Morgan fingerprint density at radius 3 is 2.74 bits per heavy atom. The number of hydrogen-bond donors (Lipinski definition) is 2. The number of hydrogen-bond acceptors (Lipinski definition) is 3. The third kappa shape index (κ3) is 5.08. The molecule has 0 radical (unpaired) electrons. The number of aliphatic hydroxyl groups excluding tert-OH is 1. The van der Waals surface area contributed by atoms with Gasteiger partial charge in [-0.2, -0.15) is 0 Å². The Labute approximate surface area is 139 Å². The van der Waals surface area contributed by atoms with E-state index in [4.69, 9.17) is 4.74 Å². The molecule has 2 rings (SSSR count). The average Bonchev–Trinajstić information content (AvgIpc) is 2.58. The van der Waals surface area contributed by atoms with Crippen LogP contribution in [-0.2, 0) is 13.2 Å². The van der Waals surface area contributed by atoms with Crippen molar-refractivity contribution in [1.29, 1.82) is 0 Å². The summed E-state index contributed by atoms with van der Waals surface area (Å²) in [6.45, 7) is 7.90. The second-order valence-corrected chi connectivity index (χ2v) is 5.97. The van der Waals surface area contributed by atoms with E-state index in [1.165, 1.54) is 16.7 Å². The average molecular weight is 313 g/mol. The second-order valence-electron chi connectivity index (χ2n) is 5.97. The van der Waals surface area contributed by atoms with Crippen LogP contribution in [0, 0.1) is 6.92 Å². The fraction of sp³-hybridized carbons (Fsp3) is 0.400. The quantitative estimate of drug-likeness (QED) is 0.770. The van der Waals surface area contributed by atoms with Crippen LogP contribution in [0.15, 0.2) is 42.5 Å². The summed E-state index contributed by atoms with van der Waals surface area (Å²) in [5.74, 6) is 0.968. The van der Waals surface area contributed by atoms with E-state index in [0.717, 1.165) is 30.9 Å². The molecule has 0 heterocycles. The van der Waals surface area contributed by atoms with Gasteiger partial charge in [-0.1, -0.05) is 43.3 Å². The van der Waals surface area contributed by atoms with Gasteiger partial charge in [0.2, 0.25) is 0 Å². The van der Waals surface area contributed by atoms with Crippen molar-refractivity contribution in [3.8, 4) is 5.75 Å². The topological polar surface area (TPSA) is 41.5 Å². The summed E-state index contributed by atoms with van der Waals surface area (Å²) in [6.07, 6.45) is 1.01. The Bertz CT molecular complexity index is 625. The first-order valence-electron chi connectivity index (χ1n) is 8.29. The zero-order chi connectivity index (χ0) is 16.7. The maximum atomic E-state index is 9.26. The SMILES string of the molecule is CCCOc1cc(C)ccc1CNC(C)c1cccc(CO)c1. The lowest BCUT2D eigenvalue weighted by Gasteiger charge is -2.17. The van der Waals surface area contributed by atoms with Crippen molar-refractivity contribution in [2.45, 2.75) is 46.4 Å². The Hall–Kier alpha value is -1.84. The van der Waals surface area contributed by atoms with Gasteiger partial charge in [-0.25, -0.2) is 0 Å². The number of benzene rings is 2. The van der Waals surface area contributed by atoms with E-state index in [1.807, 2.05) is 18.2 Å². The zero-order valence-corrected chi connectivity index (χ0v) is 14.3. The molecule has 23 heavy (non-hydrogen) atoms. The molecular formula is C20H27NO2. The molecule has 2 N–H and O–H groups in total. The summed E-state index contributed by atoms with van der Waals surface area (Å²) in [5, 5.41) is 12.8. The van der Waals surface area contributed by atoms with Crippen molar-refractivity contribution >= 4 is 0 Å². The van der Waals surface area contributed by atoms with E-state index in [-0.39, 0.29) is 12.6 Å². The third-order valence-electron chi connectivity index (χ3n) is 3.92. The molecule has 0 fully saturated rings. The van der Waals surface area contributed by atoms with Crippen LogP contribution in [-0.4, -0.2) is 11.7 Å². The molecule has 0 aliphatic heterocycles. The maximum Gasteiger partial charge on any atom is 0.124 e. The van der Waals surface area contributed by atoms with Crippen molar-refractivity contribution in [2.24, 2.45) is 0 Å². The molecule has 0 aliphatic carbocycles. The predicted molar refractivity (Wildman–Crippen MR) is 94.6 cm³/mol. The smallest absolute Gasteiger partial charge is 0.124 e. The normalized spacial score (nSPS) is 12.2. The van der Waals surface area contributed by atoms with Crippen molar-refractivity contribution in [1.82, 2.24) is 5.32 Å². The number of ether oxygens (including phenoxy) is 1. The van der Waals surface area contributed by atoms with Crippen LogP contribution < -0.4 is 10.1 Å². The molecule has 124 valence electrons. The van der Waals surface area contributed by atoms with E-state index in [0.29, 0.717) is 0 Å². The number of aryl methyl sites for hydroxylation is 1. The molecule has 3 nitrogen and oxygen atoms in total. The fourth-order valence-corrected chi connectivity index (χ4v) is 2.50. The van der Waals surface area contributed by atoms with E-state index >= 15 is 0 Å². The van der Waals surface area contributed by atoms with Crippen LogP contribution in [0.2, 0.25) is 0 Å². The van der Waals surface area contributed by atoms with Gasteiger partial charge in [-0.05, 0) is 43.0 Å². The van der Waals surface area contributed by atoms with Gasteiger partial charge >= 0.3 is 0 Å². The Morgan fingerprint density at radius 2 is 2.00 bits per heavy atom. The van der Waals surface area contributed by atoms with E-state index in [9.17, 15) is 5.11 Å². The molecule has 1 atom stereocenters. The van der Waals surface area contributed by atoms with Crippen LogP contribution in [0.25, 0.3) is 0 Å². The van der Waals surface area contributed by atoms with Crippen LogP contribution >= 0.6 is 0 Å². The summed E-state index contributed by atoms with van der Waals surface area (Å²) in [5.41, 5.74) is 4.51. The first kappa shape index (κ1) is 17.5. The van der Waals surface area contributed by atoms with Gasteiger partial charge in [0.25, 0.3) is 0 Å². The van der Waals surface area contributed by atoms with Gasteiger partial charge in [0, 0.05) is 18.2 Å². The van der Waals surface area contributed by atoms with E-state index in [1.54, 1.807) is 0 Å². The van der Waals surface area contributed by atoms with Gasteiger partial charge in [-0.3, -0.25) is 0 Å². The van der Waals surface area contributed by atoms with Gasteiger partial charge in [-0.15, -0.1) is 0 Å². The Morgan fingerprint density at radius 1 is 1.17 bits per heavy atom. The first-order valence-corrected chi connectivity index (χ1v) is 8.29. The Balaban J connectivity index is 2.04. The molecule has 1 unspecified atom stereocenters. The van der Waals surface area contributed by atoms with Crippen LogP contribution in [0.3, 0.4) is 0 Å². The maximum absolute atomic E-state index is 9.26. The molecule has 3 heteroatoms. The highest BCUT2D eigenvalue weighted by atomic mass is 16.5. The lowest BCUT2D eigenvalue weighted by molar-refractivity contribution is 0.281. The molecule has 0 aliphatic rings. The second kappa shape index (κ2) is 8.70. The van der Waals surface area contributed by atoms with Gasteiger partial charge < -0.3 is 15.2 Å². The van der Waals surface area contributed by atoms with Crippen LogP contribution in [0.5, 0.6) is 5.75 Å².